The van der Waals surface area contributed by atoms with Crippen molar-refractivity contribution in [1.29, 1.82) is 0 Å². The summed E-state index contributed by atoms with van der Waals surface area (Å²) >= 11 is 0. The number of piperidine rings is 1. The van der Waals surface area contributed by atoms with E-state index in [4.69, 9.17) is 9.47 Å². The van der Waals surface area contributed by atoms with Crippen LogP contribution in [0, 0.1) is 0 Å². The molecule has 2 aliphatic heterocycles. The zero-order valence-electron chi connectivity index (χ0n) is 31.6. The molecule has 0 radical (unpaired) electrons. The third-order valence-corrected chi connectivity index (χ3v) is 10.5. The summed E-state index contributed by atoms with van der Waals surface area (Å²) in [5.74, 6) is -0.574. The van der Waals surface area contributed by atoms with Gasteiger partial charge in [0.1, 0.15) is 28.8 Å². The molecule has 290 valence electrons. The quantitative estimate of drug-likeness (QED) is 0.0893. The smallest absolute Gasteiger partial charge is 0.276 e. The van der Waals surface area contributed by atoms with E-state index in [9.17, 15) is 28.8 Å². The van der Waals surface area contributed by atoms with Gasteiger partial charge >= 0.3 is 0 Å². The van der Waals surface area contributed by atoms with Gasteiger partial charge in [0.2, 0.25) is 11.8 Å². The van der Waals surface area contributed by atoms with Crippen molar-refractivity contribution in [3.63, 3.8) is 0 Å². The zero-order chi connectivity index (χ0) is 39.1. The molecule has 55 heavy (non-hydrogen) atoms. The first-order chi connectivity index (χ1) is 26.6. The maximum Gasteiger partial charge on any atom is 0.276 e. The molecule has 14 nitrogen and oxygen atoms in total. The number of nitrogens with zero attached hydrogens (tertiary/aromatic N) is 3. The van der Waals surface area contributed by atoms with Crippen molar-refractivity contribution >= 4 is 40.3 Å². The van der Waals surface area contributed by atoms with E-state index < -0.39 is 29.7 Å². The van der Waals surface area contributed by atoms with Gasteiger partial charge in [-0.2, -0.15) is 5.10 Å². The van der Waals surface area contributed by atoms with Gasteiger partial charge in [-0.1, -0.05) is 50.7 Å². The van der Waals surface area contributed by atoms with Crippen molar-refractivity contribution in [3.8, 4) is 22.6 Å². The molecule has 0 spiro atoms. The molecule has 4 aromatic rings. The minimum atomic E-state index is -0.964. The number of benzene rings is 2. The van der Waals surface area contributed by atoms with Gasteiger partial charge < -0.3 is 19.4 Å². The number of H-pyrrole nitrogens is 1. The van der Waals surface area contributed by atoms with Crippen LogP contribution < -0.4 is 25.7 Å². The number of Topliss-reactive ketones (excluding diaryl/α,β-unsaturated/α-hetero) is 1. The second-order valence-corrected chi connectivity index (χ2v) is 14.2. The molecular formula is C41H48N6O8. The van der Waals surface area contributed by atoms with E-state index in [2.05, 4.69) is 20.8 Å². The number of hydrogen-bond donors (Lipinski definition) is 3. The first-order valence-corrected chi connectivity index (χ1v) is 19.0. The highest BCUT2D eigenvalue weighted by Crippen LogP contribution is 2.37. The predicted molar refractivity (Wildman–Crippen MR) is 205 cm³/mol. The molecule has 4 amide bonds. The number of aromatic nitrogens is 3. The summed E-state index contributed by atoms with van der Waals surface area (Å²) in [6.07, 6.45) is 12.8. The number of imide groups is 2. The third-order valence-electron chi connectivity index (χ3n) is 10.5. The van der Waals surface area contributed by atoms with Crippen LogP contribution in [-0.2, 0) is 34.4 Å². The van der Waals surface area contributed by atoms with E-state index in [0.717, 1.165) is 78.5 Å². The molecule has 1 saturated heterocycles. The number of hydrogen-bond acceptors (Lipinski definition) is 10. The minimum Gasteiger partial charge on any atom is -0.496 e. The molecule has 2 aliphatic rings. The van der Waals surface area contributed by atoms with Gasteiger partial charge in [-0.15, -0.1) is 0 Å². The Morgan fingerprint density at radius 1 is 0.909 bits per heavy atom. The molecule has 2 aromatic carbocycles. The summed E-state index contributed by atoms with van der Waals surface area (Å²) in [6.45, 7) is 0.624. The second kappa shape index (κ2) is 17.7. The summed E-state index contributed by atoms with van der Waals surface area (Å²) in [5.41, 5.74) is 4.19. The molecule has 0 bridgehead atoms. The topological polar surface area (TPSA) is 182 Å². The summed E-state index contributed by atoms with van der Waals surface area (Å²) in [7, 11) is 4.87. The fraction of sp³-hybridized carbons (Fsp3) is 0.439. The number of aryl methyl sites for hydroxylation is 2. The normalized spacial score (nSPS) is 15.5. The van der Waals surface area contributed by atoms with Crippen molar-refractivity contribution in [2.24, 2.45) is 7.05 Å². The van der Waals surface area contributed by atoms with Crippen LogP contribution in [0.1, 0.15) is 102 Å². The second-order valence-electron chi connectivity index (χ2n) is 14.2. The molecule has 1 fully saturated rings. The lowest BCUT2D eigenvalue weighted by molar-refractivity contribution is -0.136. The van der Waals surface area contributed by atoms with Gasteiger partial charge in [-0.05, 0) is 55.0 Å². The van der Waals surface area contributed by atoms with Gasteiger partial charge in [0.25, 0.3) is 17.4 Å². The molecule has 2 aromatic heterocycles. The fourth-order valence-corrected chi connectivity index (χ4v) is 7.60. The Balaban J connectivity index is 0.875. The van der Waals surface area contributed by atoms with E-state index in [1.54, 1.807) is 45.8 Å². The summed E-state index contributed by atoms with van der Waals surface area (Å²) in [6, 6.07) is 8.11. The molecular weight excluding hydrogens is 704 g/mol. The van der Waals surface area contributed by atoms with Crippen LogP contribution in [0.5, 0.6) is 11.5 Å². The molecule has 0 saturated carbocycles. The highest BCUT2D eigenvalue weighted by molar-refractivity contribution is 6.24. The maximum absolute atomic E-state index is 13.3. The number of nitrogens with one attached hydrogen (secondary N) is 3. The van der Waals surface area contributed by atoms with Crippen molar-refractivity contribution in [3.05, 3.63) is 75.3 Å². The Bertz CT molecular complexity index is 2150. The first kappa shape index (κ1) is 39.1. The third kappa shape index (κ3) is 8.54. The van der Waals surface area contributed by atoms with Crippen molar-refractivity contribution in [2.45, 2.75) is 89.6 Å². The molecule has 14 heteroatoms. The SMILES string of the molecule is COc1cc(-c2cn(C)c(=O)c3[nH]ncc23)cc(OC)c1CNCC(=O)CCCCCCCCCCc1cccc2c1C(=O)N(C1CCC(=O)NC1=O)C2=O. The number of aromatic amines is 1. The summed E-state index contributed by atoms with van der Waals surface area (Å²) in [4.78, 5) is 76.5. The van der Waals surface area contributed by atoms with Crippen LogP contribution in [0.4, 0.5) is 0 Å². The molecule has 1 atom stereocenters. The van der Waals surface area contributed by atoms with Crippen molar-refractivity contribution in [2.75, 3.05) is 20.8 Å². The molecule has 0 aliphatic carbocycles. The Hall–Kier alpha value is -5.63. The van der Waals surface area contributed by atoms with Crippen LogP contribution >= 0.6 is 0 Å². The van der Waals surface area contributed by atoms with Gasteiger partial charge in [-0.25, -0.2) is 0 Å². The number of carbonyl (C=O) groups is 5. The summed E-state index contributed by atoms with van der Waals surface area (Å²) in [5, 5.41) is 13.0. The van der Waals surface area contributed by atoms with Crippen LogP contribution in [0.3, 0.4) is 0 Å². The Morgan fingerprint density at radius 2 is 1.60 bits per heavy atom. The standard InChI is InChI=1S/C41H48N6O8/c1-46-24-31(29-23-43-45-37(29)41(46)53)26-19-33(54-2)30(34(20-26)55-3)22-42-21-27(48)15-11-9-7-5-4-6-8-10-13-25-14-12-16-28-36(25)40(52)47(39(28)51)32-17-18-35(49)44-38(32)50/h12,14,16,19-20,23-24,32,42H,4-11,13,15,17-18,21-22H2,1-3H3,(H,43,45)(H,44,49,50). The molecule has 1 unspecified atom stereocenters. The van der Waals surface area contributed by atoms with Crippen LogP contribution in [0.15, 0.2) is 47.5 Å². The maximum atomic E-state index is 13.3. The van der Waals surface area contributed by atoms with Crippen molar-refractivity contribution in [1.82, 2.24) is 30.3 Å². The van der Waals surface area contributed by atoms with Crippen LogP contribution in [-0.4, -0.2) is 75.9 Å². The van der Waals surface area contributed by atoms with E-state index in [1.165, 1.54) is 4.57 Å². The average molecular weight is 753 g/mol. The lowest BCUT2D eigenvalue weighted by Gasteiger charge is -2.27. The van der Waals surface area contributed by atoms with Gasteiger partial charge in [0.05, 0.1) is 38.1 Å². The monoisotopic (exact) mass is 752 g/mol. The van der Waals surface area contributed by atoms with E-state index >= 15 is 0 Å². The van der Waals surface area contributed by atoms with Gasteiger partial charge in [0, 0.05) is 49.1 Å². The predicted octanol–water partition coefficient (Wildman–Crippen LogP) is 4.76. The number of unbranched alkanes of at least 4 members (excludes halogenated alkanes) is 7. The van der Waals surface area contributed by atoms with E-state index in [0.29, 0.717) is 52.9 Å². The number of pyridine rings is 1. The largest absolute Gasteiger partial charge is 0.496 e. The average Bonchev–Trinajstić information content (AvgIpc) is 3.77. The zero-order valence-corrected chi connectivity index (χ0v) is 31.6. The molecule has 3 N–H and O–H groups in total. The highest BCUT2D eigenvalue weighted by atomic mass is 16.5. The van der Waals surface area contributed by atoms with Gasteiger partial charge in [-0.3, -0.25) is 44.1 Å². The van der Waals surface area contributed by atoms with Gasteiger partial charge in [0.15, 0.2) is 0 Å². The lowest BCUT2D eigenvalue weighted by atomic mass is 9.97. The van der Waals surface area contributed by atoms with E-state index in [1.807, 2.05) is 18.2 Å². The number of fused-ring (bicyclic) bond motifs is 2. The number of ether oxygens (including phenoxy) is 2. The number of ketones is 1. The molecule has 4 heterocycles. The van der Waals surface area contributed by atoms with Crippen LogP contribution in [0.25, 0.3) is 22.0 Å². The van der Waals surface area contributed by atoms with E-state index in [-0.39, 0.29) is 30.7 Å². The van der Waals surface area contributed by atoms with Crippen molar-refractivity contribution < 1.29 is 33.4 Å². The fourth-order valence-electron chi connectivity index (χ4n) is 7.60. The Labute approximate surface area is 318 Å². The first-order valence-electron chi connectivity index (χ1n) is 19.0. The number of rotatable bonds is 19. The summed E-state index contributed by atoms with van der Waals surface area (Å²) < 4.78 is 12.9. The Kier molecular flexibility index (Phi) is 12.6. The Morgan fingerprint density at radius 3 is 2.29 bits per heavy atom. The molecule has 6 rings (SSSR count). The number of methoxy groups -OCH3 is 2. The number of carbonyl (C=O) groups excluding carboxylic acids is 5. The van der Waals surface area contributed by atoms with Crippen LogP contribution in [0.2, 0.25) is 0 Å². The lowest BCUT2D eigenvalue weighted by Crippen LogP contribution is -2.54. The minimum absolute atomic E-state index is 0.0933. The highest BCUT2D eigenvalue weighted by Gasteiger charge is 2.45. The number of amides is 4.